The van der Waals surface area contributed by atoms with E-state index in [1.54, 1.807) is 7.05 Å². The molecule has 0 heterocycles. The van der Waals surface area contributed by atoms with Crippen molar-refractivity contribution in [1.82, 2.24) is 0 Å². The Morgan fingerprint density at radius 3 is 2.60 bits per heavy atom. The van der Waals surface area contributed by atoms with Crippen molar-refractivity contribution in [2.45, 2.75) is 19.4 Å². The van der Waals surface area contributed by atoms with Crippen molar-refractivity contribution in [3.8, 4) is 5.75 Å². The van der Waals surface area contributed by atoms with Gasteiger partial charge in [0.05, 0.1) is 10.6 Å². The van der Waals surface area contributed by atoms with Crippen molar-refractivity contribution in [1.29, 1.82) is 0 Å². The van der Waals surface area contributed by atoms with Gasteiger partial charge in [-0.1, -0.05) is 30.3 Å². The first kappa shape index (κ1) is 18.7. The molecule has 0 unspecified atom stereocenters. The normalized spacial score (nSPS) is 10.3. The number of ether oxygens (including phenoxy) is 1. The fourth-order valence-corrected chi connectivity index (χ4v) is 2.39. The summed E-state index contributed by atoms with van der Waals surface area (Å²) in [6.07, 6.45) is 0.806. The number of nitrogens with zero attached hydrogens (tertiary/aromatic N) is 2. The number of alkyl halides is 1. The minimum Gasteiger partial charge on any atom is -0.487 e. The lowest BCUT2D eigenvalue weighted by atomic mass is 10.2. The van der Waals surface area contributed by atoms with E-state index < -0.39 is 4.92 Å². The second-order valence-corrected chi connectivity index (χ2v) is 5.81. The van der Waals surface area contributed by atoms with Crippen LogP contribution in [0.2, 0.25) is 0 Å². The first-order valence-electron chi connectivity index (χ1n) is 7.80. The van der Waals surface area contributed by atoms with E-state index in [2.05, 4.69) is 0 Å². The lowest BCUT2D eigenvalue weighted by Crippen LogP contribution is -2.26. The maximum atomic E-state index is 12.3. The zero-order chi connectivity index (χ0) is 18.2. The van der Waals surface area contributed by atoms with Crippen molar-refractivity contribution in [3.05, 3.63) is 64.2 Å². The van der Waals surface area contributed by atoms with E-state index in [0.29, 0.717) is 30.3 Å². The van der Waals surface area contributed by atoms with Crippen molar-refractivity contribution in [3.63, 3.8) is 0 Å². The molecule has 2 aromatic rings. The highest BCUT2D eigenvalue weighted by molar-refractivity contribution is 6.18. The van der Waals surface area contributed by atoms with Crippen LogP contribution >= 0.6 is 11.6 Å². The fourth-order valence-electron chi connectivity index (χ4n) is 2.26. The molecule has 132 valence electrons. The Morgan fingerprint density at radius 1 is 1.24 bits per heavy atom. The third-order valence-corrected chi connectivity index (χ3v) is 3.92. The van der Waals surface area contributed by atoms with E-state index in [1.165, 1.54) is 23.1 Å². The number of nitro benzene ring substituents is 1. The average molecular weight is 363 g/mol. The summed E-state index contributed by atoms with van der Waals surface area (Å²) in [5.41, 5.74) is 1.23. The van der Waals surface area contributed by atoms with Gasteiger partial charge in [-0.05, 0) is 18.1 Å². The summed E-state index contributed by atoms with van der Waals surface area (Å²) in [5, 5.41) is 11.1. The van der Waals surface area contributed by atoms with Gasteiger partial charge in [0.25, 0.3) is 5.69 Å². The van der Waals surface area contributed by atoms with Gasteiger partial charge in [0.15, 0.2) is 0 Å². The van der Waals surface area contributed by atoms with Crippen LogP contribution in [0.5, 0.6) is 5.75 Å². The van der Waals surface area contributed by atoms with Gasteiger partial charge in [0.2, 0.25) is 5.91 Å². The van der Waals surface area contributed by atoms with Crippen LogP contribution in [0.25, 0.3) is 0 Å². The number of halogens is 1. The molecule has 2 aromatic carbocycles. The Balaban J connectivity index is 2.25. The van der Waals surface area contributed by atoms with Crippen molar-refractivity contribution < 1.29 is 14.5 Å². The fraction of sp³-hybridized carbons (Fsp3) is 0.278. The van der Waals surface area contributed by atoms with E-state index in [9.17, 15) is 14.9 Å². The molecule has 0 N–H and O–H groups in total. The van der Waals surface area contributed by atoms with E-state index >= 15 is 0 Å². The quantitative estimate of drug-likeness (QED) is 0.401. The zero-order valence-corrected chi connectivity index (χ0v) is 14.6. The largest absolute Gasteiger partial charge is 0.487 e. The number of anilines is 1. The van der Waals surface area contributed by atoms with Crippen LogP contribution in [-0.4, -0.2) is 23.8 Å². The first-order chi connectivity index (χ1) is 12.0. The maximum absolute atomic E-state index is 12.3. The molecule has 2 rings (SSSR count). The SMILES string of the molecule is CN(C(=O)CCCCl)c1cc([N+](=O)[O-])ccc1OCc1ccccc1. The topological polar surface area (TPSA) is 72.7 Å². The molecule has 0 aliphatic carbocycles. The molecular formula is C18H19ClN2O4. The highest BCUT2D eigenvalue weighted by atomic mass is 35.5. The van der Waals surface area contributed by atoms with Crippen molar-refractivity contribution in [2.75, 3.05) is 17.8 Å². The van der Waals surface area contributed by atoms with E-state index in [4.69, 9.17) is 16.3 Å². The maximum Gasteiger partial charge on any atom is 0.271 e. The number of amides is 1. The molecule has 0 bridgehead atoms. The molecule has 0 aliphatic heterocycles. The highest BCUT2D eigenvalue weighted by Crippen LogP contribution is 2.33. The van der Waals surface area contributed by atoms with Crippen LogP contribution in [0.4, 0.5) is 11.4 Å². The lowest BCUT2D eigenvalue weighted by Gasteiger charge is -2.20. The molecule has 0 fully saturated rings. The Bertz CT molecular complexity index is 737. The summed E-state index contributed by atoms with van der Waals surface area (Å²) in [5.74, 6) is 0.619. The van der Waals surface area contributed by atoms with Gasteiger partial charge < -0.3 is 9.64 Å². The van der Waals surface area contributed by atoms with Crippen LogP contribution in [0.3, 0.4) is 0 Å². The molecule has 0 saturated carbocycles. The van der Waals surface area contributed by atoms with Crippen LogP contribution in [-0.2, 0) is 11.4 Å². The Morgan fingerprint density at radius 2 is 1.96 bits per heavy atom. The average Bonchev–Trinajstić information content (AvgIpc) is 2.64. The molecule has 0 atom stereocenters. The second kappa shape index (κ2) is 9.03. The number of non-ortho nitro benzene ring substituents is 1. The monoisotopic (exact) mass is 362 g/mol. The Hall–Kier alpha value is -2.60. The smallest absolute Gasteiger partial charge is 0.271 e. The molecule has 6 nitrogen and oxygen atoms in total. The number of carbonyl (C=O) groups excluding carboxylic acids is 1. The molecular weight excluding hydrogens is 344 g/mol. The van der Waals surface area contributed by atoms with Crippen LogP contribution in [0, 0.1) is 10.1 Å². The summed E-state index contributed by atoms with van der Waals surface area (Å²) in [6.45, 7) is 0.301. The highest BCUT2D eigenvalue weighted by Gasteiger charge is 2.19. The van der Waals surface area contributed by atoms with E-state index in [-0.39, 0.29) is 18.0 Å². The number of rotatable bonds is 8. The van der Waals surface area contributed by atoms with Crippen LogP contribution in [0.15, 0.2) is 48.5 Å². The molecule has 0 spiro atoms. The van der Waals surface area contributed by atoms with Gasteiger partial charge in [-0.2, -0.15) is 0 Å². The van der Waals surface area contributed by atoms with Gasteiger partial charge in [-0.15, -0.1) is 11.6 Å². The Kier molecular flexibility index (Phi) is 6.77. The molecule has 0 aliphatic rings. The third kappa shape index (κ3) is 5.19. The molecule has 0 radical (unpaired) electrons. The molecule has 25 heavy (non-hydrogen) atoms. The van der Waals surface area contributed by atoms with Gasteiger partial charge in [-0.25, -0.2) is 0 Å². The molecule has 1 amide bonds. The standard InChI is InChI=1S/C18H19ClN2O4/c1-20(18(22)8-5-11-19)16-12-15(21(23)24)9-10-17(16)25-13-14-6-3-2-4-7-14/h2-4,6-7,9-10,12H,5,8,11,13H2,1H3. The van der Waals surface area contributed by atoms with Crippen molar-refractivity contribution >= 4 is 28.9 Å². The molecule has 7 heteroatoms. The number of benzene rings is 2. The lowest BCUT2D eigenvalue weighted by molar-refractivity contribution is -0.384. The predicted molar refractivity (Wildman–Crippen MR) is 97.2 cm³/mol. The summed E-state index contributed by atoms with van der Waals surface area (Å²) < 4.78 is 5.79. The number of nitro groups is 1. The predicted octanol–water partition coefficient (Wildman–Crippen LogP) is 4.16. The second-order valence-electron chi connectivity index (χ2n) is 5.43. The van der Waals surface area contributed by atoms with Gasteiger partial charge in [0, 0.05) is 31.5 Å². The van der Waals surface area contributed by atoms with Gasteiger partial charge >= 0.3 is 0 Å². The molecule has 0 aromatic heterocycles. The Labute approximate surface area is 151 Å². The summed E-state index contributed by atoms with van der Waals surface area (Å²) in [4.78, 5) is 24.2. The summed E-state index contributed by atoms with van der Waals surface area (Å²) in [6, 6.07) is 13.8. The summed E-state index contributed by atoms with van der Waals surface area (Å²) in [7, 11) is 1.57. The van der Waals surface area contributed by atoms with Crippen LogP contribution in [0.1, 0.15) is 18.4 Å². The number of carbonyl (C=O) groups is 1. The van der Waals surface area contributed by atoms with E-state index in [1.807, 2.05) is 30.3 Å². The number of hydrogen-bond acceptors (Lipinski definition) is 4. The minimum absolute atomic E-state index is 0.0981. The number of hydrogen-bond donors (Lipinski definition) is 0. The van der Waals surface area contributed by atoms with Crippen LogP contribution < -0.4 is 9.64 Å². The van der Waals surface area contributed by atoms with Crippen molar-refractivity contribution in [2.24, 2.45) is 0 Å². The minimum atomic E-state index is -0.498. The molecule has 0 saturated heterocycles. The van der Waals surface area contributed by atoms with Gasteiger partial charge in [-0.3, -0.25) is 14.9 Å². The third-order valence-electron chi connectivity index (χ3n) is 3.65. The zero-order valence-electron chi connectivity index (χ0n) is 13.9. The van der Waals surface area contributed by atoms with Gasteiger partial charge in [0.1, 0.15) is 12.4 Å². The van der Waals surface area contributed by atoms with E-state index in [0.717, 1.165) is 5.56 Å². The first-order valence-corrected chi connectivity index (χ1v) is 8.34. The summed E-state index contributed by atoms with van der Waals surface area (Å²) >= 11 is 5.63.